The number of carbonyl (C=O) groups is 1. The second kappa shape index (κ2) is 4.97. The molecule has 0 spiro atoms. The monoisotopic (exact) mass is 259 g/mol. The second-order valence-corrected chi connectivity index (χ2v) is 4.42. The van der Waals surface area contributed by atoms with Gasteiger partial charge in [-0.25, -0.2) is 13.2 Å². The third-order valence-corrected chi connectivity index (χ3v) is 3.10. The molecule has 1 aromatic carbocycles. The predicted molar refractivity (Wildman–Crippen MR) is 57.3 cm³/mol. The van der Waals surface area contributed by atoms with Crippen molar-refractivity contribution < 1.29 is 23.1 Å². The van der Waals surface area contributed by atoms with E-state index in [1.165, 1.54) is 0 Å². The van der Waals surface area contributed by atoms with Crippen molar-refractivity contribution in [1.29, 1.82) is 0 Å². The van der Waals surface area contributed by atoms with E-state index in [2.05, 4.69) is 0 Å². The van der Waals surface area contributed by atoms with Gasteiger partial charge in [0.1, 0.15) is 5.82 Å². The molecular formula is C12H12F3NO2. The molecule has 6 heteroatoms. The van der Waals surface area contributed by atoms with Gasteiger partial charge in [0.05, 0.1) is 5.92 Å². The zero-order valence-corrected chi connectivity index (χ0v) is 9.50. The first kappa shape index (κ1) is 12.9. The van der Waals surface area contributed by atoms with Crippen molar-refractivity contribution in [1.82, 2.24) is 4.90 Å². The molecule has 0 amide bonds. The molecule has 1 aliphatic heterocycles. The molecule has 1 N–H and O–H groups in total. The number of nitrogens with zero attached hydrogens (tertiary/aromatic N) is 1. The standard InChI is InChI=1S/C12H12F3NO2/c13-9-4-11(15)10(14)3-8(9)6-16-2-1-7(5-16)12(17)18/h3-4,7H,1-2,5-6H2,(H,17,18). The number of carboxylic acid groups (broad SMARTS) is 1. The summed E-state index contributed by atoms with van der Waals surface area (Å²) in [4.78, 5) is 12.5. The van der Waals surface area contributed by atoms with Crippen molar-refractivity contribution in [2.24, 2.45) is 5.92 Å². The van der Waals surface area contributed by atoms with Crippen molar-refractivity contribution in [3.63, 3.8) is 0 Å². The largest absolute Gasteiger partial charge is 0.481 e. The molecule has 1 saturated heterocycles. The first-order valence-corrected chi connectivity index (χ1v) is 5.56. The van der Waals surface area contributed by atoms with E-state index in [0.717, 1.165) is 6.07 Å². The Kier molecular flexibility index (Phi) is 3.56. The van der Waals surface area contributed by atoms with E-state index < -0.39 is 29.3 Å². The molecule has 0 bridgehead atoms. The van der Waals surface area contributed by atoms with Crippen LogP contribution >= 0.6 is 0 Å². The summed E-state index contributed by atoms with van der Waals surface area (Å²) in [5, 5.41) is 8.82. The first-order chi connectivity index (χ1) is 8.47. The lowest BCUT2D eigenvalue weighted by molar-refractivity contribution is -0.141. The molecule has 0 radical (unpaired) electrons. The minimum atomic E-state index is -1.22. The minimum Gasteiger partial charge on any atom is -0.481 e. The summed E-state index contributed by atoms with van der Waals surface area (Å²) in [5.74, 6) is -4.49. The van der Waals surface area contributed by atoms with Gasteiger partial charge < -0.3 is 5.11 Å². The van der Waals surface area contributed by atoms with Crippen molar-refractivity contribution in [2.75, 3.05) is 13.1 Å². The van der Waals surface area contributed by atoms with Crippen LogP contribution in [0.3, 0.4) is 0 Å². The Morgan fingerprint density at radius 2 is 1.94 bits per heavy atom. The molecule has 1 aromatic rings. The lowest BCUT2D eigenvalue weighted by Crippen LogP contribution is -2.23. The number of carboxylic acids is 1. The van der Waals surface area contributed by atoms with E-state index in [1.807, 2.05) is 0 Å². The zero-order chi connectivity index (χ0) is 13.3. The van der Waals surface area contributed by atoms with Crippen LogP contribution in [0.2, 0.25) is 0 Å². The maximum absolute atomic E-state index is 13.4. The number of hydrogen-bond acceptors (Lipinski definition) is 2. The summed E-state index contributed by atoms with van der Waals surface area (Å²) >= 11 is 0. The topological polar surface area (TPSA) is 40.5 Å². The van der Waals surface area contributed by atoms with Crippen LogP contribution in [-0.4, -0.2) is 29.1 Å². The number of hydrogen-bond donors (Lipinski definition) is 1. The van der Waals surface area contributed by atoms with Gasteiger partial charge in [0, 0.05) is 24.7 Å². The Hall–Kier alpha value is -1.56. The molecule has 1 fully saturated rings. The van der Waals surface area contributed by atoms with E-state index in [9.17, 15) is 18.0 Å². The fraction of sp³-hybridized carbons (Fsp3) is 0.417. The fourth-order valence-corrected chi connectivity index (χ4v) is 2.10. The number of aliphatic carboxylic acids is 1. The third-order valence-electron chi connectivity index (χ3n) is 3.10. The zero-order valence-electron chi connectivity index (χ0n) is 9.50. The van der Waals surface area contributed by atoms with Crippen LogP contribution in [-0.2, 0) is 11.3 Å². The summed E-state index contributed by atoms with van der Waals surface area (Å²) in [7, 11) is 0. The highest BCUT2D eigenvalue weighted by molar-refractivity contribution is 5.70. The van der Waals surface area contributed by atoms with Crippen LogP contribution in [0, 0.1) is 23.4 Å². The summed E-state index contributed by atoms with van der Waals surface area (Å²) < 4.78 is 39.1. The maximum atomic E-state index is 13.4. The molecule has 0 saturated carbocycles. The van der Waals surface area contributed by atoms with Gasteiger partial charge in [-0.05, 0) is 19.0 Å². The van der Waals surface area contributed by atoms with Crippen LogP contribution in [0.15, 0.2) is 12.1 Å². The van der Waals surface area contributed by atoms with Crippen LogP contribution in [0.4, 0.5) is 13.2 Å². The lowest BCUT2D eigenvalue weighted by atomic mass is 10.1. The summed E-state index contributed by atoms with van der Waals surface area (Å²) in [6, 6.07) is 1.33. The van der Waals surface area contributed by atoms with Crippen molar-refractivity contribution >= 4 is 5.97 Å². The van der Waals surface area contributed by atoms with E-state index in [0.29, 0.717) is 25.6 Å². The van der Waals surface area contributed by atoms with Gasteiger partial charge in [-0.3, -0.25) is 9.69 Å². The van der Waals surface area contributed by atoms with Gasteiger partial charge in [0.2, 0.25) is 0 Å². The summed E-state index contributed by atoms with van der Waals surface area (Å²) in [6.45, 7) is 0.899. The number of benzene rings is 1. The molecule has 98 valence electrons. The van der Waals surface area contributed by atoms with E-state index >= 15 is 0 Å². The normalized spacial score (nSPS) is 20.3. The van der Waals surface area contributed by atoms with E-state index in [1.54, 1.807) is 4.90 Å². The predicted octanol–water partition coefficient (Wildman–Crippen LogP) is 2.01. The van der Waals surface area contributed by atoms with Gasteiger partial charge in [0.15, 0.2) is 11.6 Å². The molecule has 1 unspecified atom stereocenters. The van der Waals surface area contributed by atoms with E-state index in [4.69, 9.17) is 5.11 Å². The van der Waals surface area contributed by atoms with Gasteiger partial charge in [-0.1, -0.05) is 0 Å². The molecule has 1 heterocycles. The highest BCUT2D eigenvalue weighted by Gasteiger charge is 2.28. The molecular weight excluding hydrogens is 247 g/mol. The molecule has 2 rings (SSSR count). The van der Waals surface area contributed by atoms with Crippen molar-refractivity contribution in [3.8, 4) is 0 Å². The Balaban J connectivity index is 2.07. The minimum absolute atomic E-state index is 0.0416. The van der Waals surface area contributed by atoms with Gasteiger partial charge in [0.25, 0.3) is 0 Å². The van der Waals surface area contributed by atoms with Gasteiger partial charge in [-0.15, -0.1) is 0 Å². The summed E-state index contributed by atoms with van der Waals surface area (Å²) in [5.41, 5.74) is 0.0416. The number of rotatable bonds is 3. The molecule has 3 nitrogen and oxygen atoms in total. The summed E-state index contributed by atoms with van der Waals surface area (Å²) in [6.07, 6.45) is 0.487. The average Bonchev–Trinajstić information content (AvgIpc) is 2.74. The SMILES string of the molecule is O=C(O)C1CCN(Cc2cc(F)c(F)cc2F)C1. The first-order valence-electron chi connectivity index (χ1n) is 5.56. The van der Waals surface area contributed by atoms with Crippen LogP contribution in [0.1, 0.15) is 12.0 Å². The second-order valence-electron chi connectivity index (χ2n) is 4.42. The molecule has 1 atom stereocenters. The molecule has 18 heavy (non-hydrogen) atoms. The van der Waals surface area contributed by atoms with Crippen molar-refractivity contribution in [3.05, 3.63) is 35.1 Å². The maximum Gasteiger partial charge on any atom is 0.307 e. The third kappa shape index (κ3) is 2.64. The molecule has 1 aliphatic rings. The van der Waals surface area contributed by atoms with Crippen LogP contribution in [0.25, 0.3) is 0 Å². The average molecular weight is 259 g/mol. The quantitative estimate of drug-likeness (QED) is 0.844. The fourth-order valence-electron chi connectivity index (χ4n) is 2.10. The molecule has 0 aromatic heterocycles. The Bertz CT molecular complexity index is 479. The smallest absolute Gasteiger partial charge is 0.307 e. The lowest BCUT2D eigenvalue weighted by Gasteiger charge is -2.15. The Morgan fingerprint density at radius 1 is 1.28 bits per heavy atom. The van der Waals surface area contributed by atoms with Crippen LogP contribution < -0.4 is 0 Å². The van der Waals surface area contributed by atoms with Gasteiger partial charge in [-0.2, -0.15) is 0 Å². The highest BCUT2D eigenvalue weighted by Crippen LogP contribution is 2.21. The number of likely N-dealkylation sites (tertiary alicyclic amines) is 1. The van der Waals surface area contributed by atoms with Crippen molar-refractivity contribution in [2.45, 2.75) is 13.0 Å². The molecule has 0 aliphatic carbocycles. The Morgan fingerprint density at radius 3 is 2.56 bits per heavy atom. The highest BCUT2D eigenvalue weighted by atomic mass is 19.2. The van der Waals surface area contributed by atoms with Crippen LogP contribution in [0.5, 0.6) is 0 Å². The van der Waals surface area contributed by atoms with Gasteiger partial charge >= 0.3 is 5.97 Å². The van der Waals surface area contributed by atoms with E-state index in [-0.39, 0.29) is 12.1 Å². The Labute approximate surface area is 102 Å². The number of halogens is 3.